The van der Waals surface area contributed by atoms with Crippen molar-refractivity contribution < 1.29 is 14.3 Å². The van der Waals surface area contributed by atoms with E-state index in [9.17, 15) is 4.79 Å². The fraction of sp³-hybridized carbons (Fsp3) is 0.500. The summed E-state index contributed by atoms with van der Waals surface area (Å²) < 4.78 is 11.8. The quantitative estimate of drug-likeness (QED) is 0.738. The number of rotatable bonds is 2. The van der Waals surface area contributed by atoms with Crippen LogP contribution in [-0.4, -0.2) is 17.5 Å². The Balaban J connectivity index is 2.22. The normalized spacial score (nSPS) is 22.6. The molecule has 3 nitrogen and oxygen atoms in total. The highest BCUT2D eigenvalue weighted by molar-refractivity contribution is 5.74. The van der Waals surface area contributed by atoms with E-state index in [4.69, 9.17) is 9.47 Å². The van der Waals surface area contributed by atoms with Crippen LogP contribution in [0.5, 0.6) is 0 Å². The van der Waals surface area contributed by atoms with E-state index in [2.05, 4.69) is 0 Å². The number of ether oxygens (including phenoxy) is 2. The highest BCUT2D eigenvalue weighted by Crippen LogP contribution is 2.44. The maximum absolute atomic E-state index is 10.6. The van der Waals surface area contributed by atoms with Crippen molar-refractivity contribution in [2.24, 2.45) is 0 Å². The van der Waals surface area contributed by atoms with E-state index in [-0.39, 0.29) is 17.5 Å². The molecule has 0 amide bonds. The third-order valence-electron chi connectivity index (χ3n) is 3.60. The van der Waals surface area contributed by atoms with Crippen LogP contribution in [0.4, 0.5) is 0 Å². The lowest BCUT2D eigenvalue weighted by atomic mass is 9.90. The Morgan fingerprint density at radius 3 is 1.88 bits per heavy atom. The first-order valence-corrected chi connectivity index (χ1v) is 5.76. The van der Waals surface area contributed by atoms with E-state index < -0.39 is 0 Å². The van der Waals surface area contributed by atoms with Gasteiger partial charge in [0.25, 0.3) is 0 Å². The van der Waals surface area contributed by atoms with Gasteiger partial charge in [0, 0.05) is 11.1 Å². The van der Waals surface area contributed by atoms with Gasteiger partial charge in [0.1, 0.15) is 6.29 Å². The average molecular weight is 234 g/mol. The molecule has 0 unspecified atom stereocenters. The van der Waals surface area contributed by atoms with Crippen LogP contribution in [0.1, 0.15) is 49.9 Å². The van der Waals surface area contributed by atoms with Crippen LogP contribution in [0.25, 0.3) is 0 Å². The summed E-state index contributed by atoms with van der Waals surface area (Å²) in [4.78, 5) is 10.6. The van der Waals surface area contributed by atoms with Crippen LogP contribution < -0.4 is 0 Å². The van der Waals surface area contributed by atoms with Crippen molar-refractivity contribution in [3.63, 3.8) is 0 Å². The molecular weight excluding hydrogens is 216 g/mol. The number of carbonyl (C=O) groups is 1. The van der Waals surface area contributed by atoms with Crippen LogP contribution in [0.3, 0.4) is 0 Å². The molecule has 0 aromatic heterocycles. The highest BCUT2D eigenvalue weighted by Gasteiger charge is 2.49. The average Bonchev–Trinajstić information content (AvgIpc) is 2.48. The predicted molar refractivity (Wildman–Crippen MR) is 64.9 cm³/mol. The first kappa shape index (κ1) is 12.3. The molecule has 0 spiro atoms. The molecule has 0 atom stereocenters. The van der Waals surface area contributed by atoms with Gasteiger partial charge < -0.3 is 9.47 Å². The first-order valence-electron chi connectivity index (χ1n) is 5.76. The molecular formula is C14H18O3. The molecule has 1 heterocycles. The van der Waals surface area contributed by atoms with Gasteiger partial charge in [-0.3, -0.25) is 4.79 Å². The Morgan fingerprint density at radius 2 is 1.47 bits per heavy atom. The summed E-state index contributed by atoms with van der Waals surface area (Å²) in [6.07, 6.45) is 0.467. The molecule has 0 N–H and O–H groups in total. The predicted octanol–water partition coefficient (Wildman–Crippen LogP) is 3.10. The SMILES string of the molecule is CC1(C)OC(c2ccc(C=O)cc2)OC1(C)C. The highest BCUT2D eigenvalue weighted by atomic mass is 16.7. The van der Waals surface area contributed by atoms with E-state index in [0.29, 0.717) is 5.56 Å². The standard InChI is InChI=1S/C14H18O3/c1-13(2)14(3,4)17-12(16-13)11-7-5-10(9-15)6-8-11/h5-9,12H,1-4H3. The Labute approximate surface area is 102 Å². The van der Waals surface area contributed by atoms with Crippen LogP contribution in [0.2, 0.25) is 0 Å². The van der Waals surface area contributed by atoms with Crippen molar-refractivity contribution in [3.05, 3.63) is 35.4 Å². The molecule has 92 valence electrons. The van der Waals surface area contributed by atoms with Gasteiger partial charge in [0.2, 0.25) is 0 Å². The summed E-state index contributed by atoms with van der Waals surface area (Å²) in [5.74, 6) is 0. The van der Waals surface area contributed by atoms with Crippen molar-refractivity contribution in [2.45, 2.75) is 45.2 Å². The molecule has 1 saturated heterocycles. The second kappa shape index (κ2) is 3.93. The summed E-state index contributed by atoms with van der Waals surface area (Å²) >= 11 is 0. The number of hydrogen-bond acceptors (Lipinski definition) is 3. The minimum atomic E-state index is -0.360. The van der Waals surface area contributed by atoms with Gasteiger partial charge in [-0.2, -0.15) is 0 Å². The molecule has 2 rings (SSSR count). The molecule has 1 aromatic rings. The van der Waals surface area contributed by atoms with E-state index in [0.717, 1.165) is 11.8 Å². The number of hydrogen-bond donors (Lipinski definition) is 0. The number of aldehydes is 1. The molecule has 0 radical (unpaired) electrons. The van der Waals surface area contributed by atoms with Gasteiger partial charge >= 0.3 is 0 Å². The lowest BCUT2D eigenvalue weighted by molar-refractivity contribution is -0.0895. The summed E-state index contributed by atoms with van der Waals surface area (Å²) in [5, 5.41) is 0. The van der Waals surface area contributed by atoms with Gasteiger partial charge in [0.05, 0.1) is 11.2 Å². The van der Waals surface area contributed by atoms with Crippen LogP contribution in [-0.2, 0) is 9.47 Å². The van der Waals surface area contributed by atoms with Crippen molar-refractivity contribution in [1.82, 2.24) is 0 Å². The molecule has 0 bridgehead atoms. The summed E-state index contributed by atoms with van der Waals surface area (Å²) in [6.45, 7) is 8.08. The Hall–Kier alpha value is -1.19. The van der Waals surface area contributed by atoms with Gasteiger partial charge in [-0.05, 0) is 27.7 Å². The van der Waals surface area contributed by atoms with Crippen LogP contribution >= 0.6 is 0 Å². The molecule has 0 aliphatic carbocycles. The third kappa shape index (κ3) is 2.13. The van der Waals surface area contributed by atoms with Crippen molar-refractivity contribution in [1.29, 1.82) is 0 Å². The molecule has 1 aliphatic rings. The zero-order chi connectivity index (χ0) is 12.7. The molecule has 1 fully saturated rings. The maximum Gasteiger partial charge on any atom is 0.185 e. The van der Waals surface area contributed by atoms with Gasteiger partial charge in [0.15, 0.2) is 6.29 Å². The smallest absolute Gasteiger partial charge is 0.185 e. The maximum atomic E-state index is 10.6. The zero-order valence-corrected chi connectivity index (χ0v) is 10.7. The minimum Gasteiger partial charge on any atom is -0.339 e. The van der Waals surface area contributed by atoms with Gasteiger partial charge in [-0.15, -0.1) is 0 Å². The van der Waals surface area contributed by atoms with Gasteiger partial charge in [-0.25, -0.2) is 0 Å². The Kier molecular flexibility index (Phi) is 2.84. The Bertz CT molecular complexity index is 402. The second-order valence-electron chi connectivity index (χ2n) is 5.37. The fourth-order valence-corrected chi connectivity index (χ4v) is 1.71. The van der Waals surface area contributed by atoms with Gasteiger partial charge in [-0.1, -0.05) is 24.3 Å². The largest absolute Gasteiger partial charge is 0.339 e. The van der Waals surface area contributed by atoms with E-state index in [1.807, 2.05) is 39.8 Å². The van der Waals surface area contributed by atoms with Crippen molar-refractivity contribution in [2.75, 3.05) is 0 Å². The molecule has 17 heavy (non-hydrogen) atoms. The fourth-order valence-electron chi connectivity index (χ4n) is 1.71. The molecule has 3 heteroatoms. The second-order valence-corrected chi connectivity index (χ2v) is 5.37. The molecule has 1 aromatic carbocycles. The van der Waals surface area contributed by atoms with E-state index in [1.54, 1.807) is 12.1 Å². The van der Waals surface area contributed by atoms with E-state index in [1.165, 1.54) is 0 Å². The number of benzene rings is 1. The number of carbonyl (C=O) groups excluding carboxylic acids is 1. The Morgan fingerprint density at radius 1 is 1.00 bits per heavy atom. The third-order valence-corrected chi connectivity index (χ3v) is 3.60. The summed E-state index contributed by atoms with van der Waals surface area (Å²) in [5.41, 5.74) is 0.932. The van der Waals surface area contributed by atoms with E-state index >= 15 is 0 Å². The summed E-state index contributed by atoms with van der Waals surface area (Å²) in [6, 6.07) is 7.28. The zero-order valence-electron chi connectivity index (χ0n) is 10.7. The van der Waals surface area contributed by atoms with Crippen LogP contribution in [0.15, 0.2) is 24.3 Å². The lowest BCUT2D eigenvalue weighted by Gasteiger charge is -2.30. The minimum absolute atomic E-state index is 0.332. The topological polar surface area (TPSA) is 35.5 Å². The first-order chi connectivity index (χ1) is 7.86. The summed E-state index contributed by atoms with van der Waals surface area (Å²) in [7, 11) is 0. The van der Waals surface area contributed by atoms with Crippen molar-refractivity contribution in [3.8, 4) is 0 Å². The molecule has 1 aliphatic heterocycles. The lowest BCUT2D eigenvalue weighted by Crippen LogP contribution is -2.41. The molecule has 0 saturated carbocycles. The monoisotopic (exact) mass is 234 g/mol. The van der Waals surface area contributed by atoms with Crippen LogP contribution in [0, 0.1) is 0 Å². The van der Waals surface area contributed by atoms with Crippen molar-refractivity contribution >= 4 is 6.29 Å².